The maximum absolute atomic E-state index is 11.7. The molecule has 4 nitrogen and oxygen atoms in total. The maximum Gasteiger partial charge on any atom is 0.336 e. The van der Waals surface area contributed by atoms with Gasteiger partial charge in [-0.1, -0.05) is 95.0 Å². The molecule has 0 fully saturated rings. The molecule has 0 atom stereocenters. The summed E-state index contributed by atoms with van der Waals surface area (Å²) >= 11 is 0. The van der Waals surface area contributed by atoms with Gasteiger partial charge in [0.05, 0.1) is 12.7 Å². The molecule has 1 aromatic rings. The zero-order valence-corrected chi connectivity index (χ0v) is 16.3. The van der Waals surface area contributed by atoms with Crippen LogP contribution in [0.5, 0.6) is 0 Å². The van der Waals surface area contributed by atoms with Crippen LogP contribution in [0.25, 0.3) is 0 Å². The van der Waals surface area contributed by atoms with Crippen molar-refractivity contribution in [1.29, 1.82) is 0 Å². The van der Waals surface area contributed by atoms with E-state index < -0.39 is 5.97 Å². The smallest absolute Gasteiger partial charge is 0.336 e. The van der Waals surface area contributed by atoms with Crippen molar-refractivity contribution in [3.8, 4) is 0 Å². The molecule has 0 aliphatic heterocycles. The molecule has 146 valence electrons. The average Bonchev–Trinajstić information content (AvgIpc) is 2.65. The van der Waals surface area contributed by atoms with Crippen LogP contribution in [0, 0.1) is 0 Å². The zero-order valence-electron chi connectivity index (χ0n) is 16.3. The monoisotopic (exact) mass is 361 g/mol. The highest BCUT2D eigenvalue weighted by atomic mass is 16.5. The number of hydrogen-bond donors (Lipinski definition) is 1. The van der Waals surface area contributed by atoms with E-state index in [1.165, 1.54) is 57.4 Å². The molecular formula is C22H35NO3. The van der Waals surface area contributed by atoms with E-state index in [0.29, 0.717) is 13.2 Å². The van der Waals surface area contributed by atoms with E-state index in [1.807, 2.05) is 30.3 Å². The Morgan fingerprint density at radius 2 is 1.46 bits per heavy atom. The zero-order chi connectivity index (χ0) is 18.9. The molecule has 0 radical (unpaired) electrons. The van der Waals surface area contributed by atoms with Crippen molar-refractivity contribution in [2.75, 3.05) is 6.61 Å². The molecule has 1 rings (SSSR count). The van der Waals surface area contributed by atoms with Crippen molar-refractivity contribution in [1.82, 2.24) is 0 Å². The van der Waals surface area contributed by atoms with E-state index in [2.05, 4.69) is 6.92 Å². The van der Waals surface area contributed by atoms with Gasteiger partial charge in [0.2, 0.25) is 0 Å². The van der Waals surface area contributed by atoms with Crippen LogP contribution in [-0.2, 0) is 20.9 Å². The molecule has 0 saturated heterocycles. The number of carbonyl (C=O) groups excluding carboxylic acids is 1. The first-order valence-corrected chi connectivity index (χ1v) is 10.0. The predicted molar refractivity (Wildman–Crippen MR) is 106 cm³/mol. The van der Waals surface area contributed by atoms with Crippen LogP contribution in [0.2, 0.25) is 0 Å². The van der Waals surface area contributed by atoms with E-state index in [4.69, 9.17) is 15.2 Å². The first kappa shape index (κ1) is 22.1. The van der Waals surface area contributed by atoms with E-state index in [0.717, 1.165) is 18.4 Å². The Kier molecular flexibility index (Phi) is 13.0. The minimum atomic E-state index is -0.438. The summed E-state index contributed by atoms with van der Waals surface area (Å²) in [5.41, 5.74) is 6.69. The molecule has 0 saturated carbocycles. The summed E-state index contributed by atoms with van der Waals surface area (Å²) in [5, 5.41) is 0. The van der Waals surface area contributed by atoms with Crippen molar-refractivity contribution < 1.29 is 14.3 Å². The quantitative estimate of drug-likeness (QED) is 0.195. The van der Waals surface area contributed by atoms with Crippen LogP contribution in [-0.4, -0.2) is 12.6 Å². The topological polar surface area (TPSA) is 61.5 Å². The van der Waals surface area contributed by atoms with Gasteiger partial charge in [0, 0.05) is 0 Å². The van der Waals surface area contributed by atoms with E-state index >= 15 is 0 Å². The molecule has 4 heteroatoms. The van der Waals surface area contributed by atoms with Crippen LogP contribution in [0.1, 0.15) is 76.7 Å². The summed E-state index contributed by atoms with van der Waals surface area (Å²) in [6.07, 6.45) is 13.8. The standard InChI is InChI=1S/C22H35NO3/c1-2-3-4-5-6-7-8-9-10-14-17-25-22(24)18-21(23)26-19-20-15-12-11-13-16-20/h11-13,15-16,18H,2-10,14,17,19,23H2,1H3/b21-18-. The van der Waals surface area contributed by atoms with Crippen molar-refractivity contribution in [3.05, 3.63) is 47.9 Å². The predicted octanol–water partition coefficient (Wildman–Crippen LogP) is 5.47. The van der Waals surface area contributed by atoms with Gasteiger partial charge in [0.1, 0.15) is 6.61 Å². The molecular weight excluding hydrogens is 326 g/mol. The Labute approximate surface area is 158 Å². The highest BCUT2D eigenvalue weighted by molar-refractivity contribution is 5.82. The second-order valence-corrected chi connectivity index (χ2v) is 6.67. The summed E-state index contributed by atoms with van der Waals surface area (Å²) in [5.74, 6) is -0.353. The Bertz CT molecular complexity index is 499. The third-order valence-electron chi connectivity index (χ3n) is 4.25. The first-order chi connectivity index (χ1) is 12.7. The average molecular weight is 362 g/mol. The molecule has 0 aliphatic carbocycles. The number of hydrogen-bond acceptors (Lipinski definition) is 4. The van der Waals surface area contributed by atoms with Crippen LogP contribution in [0.4, 0.5) is 0 Å². The molecule has 0 heterocycles. The van der Waals surface area contributed by atoms with Gasteiger partial charge in [0.15, 0.2) is 5.88 Å². The van der Waals surface area contributed by atoms with Gasteiger partial charge in [0.25, 0.3) is 0 Å². The van der Waals surface area contributed by atoms with Crippen molar-refractivity contribution in [2.24, 2.45) is 5.73 Å². The van der Waals surface area contributed by atoms with Gasteiger partial charge in [-0.05, 0) is 12.0 Å². The number of carbonyl (C=O) groups is 1. The summed E-state index contributed by atoms with van der Waals surface area (Å²) < 4.78 is 10.5. The second kappa shape index (κ2) is 15.3. The fraction of sp³-hybridized carbons (Fsp3) is 0.591. The summed E-state index contributed by atoms with van der Waals surface area (Å²) in [6.45, 7) is 3.03. The number of benzene rings is 1. The number of esters is 1. The Morgan fingerprint density at radius 3 is 2.08 bits per heavy atom. The van der Waals surface area contributed by atoms with E-state index in [-0.39, 0.29) is 5.88 Å². The minimum Gasteiger partial charge on any atom is -0.474 e. The van der Waals surface area contributed by atoms with Gasteiger partial charge in [-0.3, -0.25) is 0 Å². The highest BCUT2D eigenvalue weighted by Crippen LogP contribution is 2.10. The van der Waals surface area contributed by atoms with Crippen LogP contribution >= 0.6 is 0 Å². The lowest BCUT2D eigenvalue weighted by Crippen LogP contribution is -2.09. The van der Waals surface area contributed by atoms with E-state index in [1.54, 1.807) is 0 Å². The van der Waals surface area contributed by atoms with Gasteiger partial charge >= 0.3 is 5.97 Å². The van der Waals surface area contributed by atoms with Gasteiger partial charge in [-0.25, -0.2) is 4.79 Å². The molecule has 0 amide bonds. The van der Waals surface area contributed by atoms with Crippen molar-refractivity contribution >= 4 is 5.97 Å². The fourth-order valence-corrected chi connectivity index (χ4v) is 2.70. The lowest BCUT2D eigenvalue weighted by atomic mass is 10.1. The van der Waals surface area contributed by atoms with Gasteiger partial charge in [-0.2, -0.15) is 0 Å². The van der Waals surface area contributed by atoms with Crippen molar-refractivity contribution in [3.63, 3.8) is 0 Å². The third kappa shape index (κ3) is 12.4. The SMILES string of the molecule is CCCCCCCCCCCCOC(=O)/C=C(/N)OCc1ccccc1. The van der Waals surface area contributed by atoms with Crippen LogP contribution in [0.15, 0.2) is 42.3 Å². The molecule has 1 aromatic carbocycles. The number of rotatable bonds is 15. The molecule has 0 spiro atoms. The number of ether oxygens (including phenoxy) is 2. The van der Waals surface area contributed by atoms with Gasteiger partial charge in [-0.15, -0.1) is 0 Å². The Balaban J connectivity index is 1.97. The first-order valence-electron chi connectivity index (χ1n) is 10.0. The molecule has 0 aromatic heterocycles. The lowest BCUT2D eigenvalue weighted by molar-refractivity contribution is -0.138. The lowest BCUT2D eigenvalue weighted by Gasteiger charge is -2.06. The fourth-order valence-electron chi connectivity index (χ4n) is 2.70. The highest BCUT2D eigenvalue weighted by Gasteiger charge is 2.02. The Hall–Kier alpha value is -1.97. The normalized spacial score (nSPS) is 11.3. The summed E-state index contributed by atoms with van der Waals surface area (Å²) in [7, 11) is 0. The maximum atomic E-state index is 11.7. The molecule has 0 bridgehead atoms. The largest absolute Gasteiger partial charge is 0.474 e. The van der Waals surface area contributed by atoms with Crippen LogP contribution < -0.4 is 5.73 Å². The van der Waals surface area contributed by atoms with Crippen molar-refractivity contribution in [2.45, 2.75) is 77.7 Å². The molecule has 0 unspecified atom stereocenters. The summed E-state index contributed by atoms with van der Waals surface area (Å²) in [4.78, 5) is 11.7. The van der Waals surface area contributed by atoms with Gasteiger partial charge < -0.3 is 15.2 Å². The molecule has 0 aliphatic rings. The number of unbranched alkanes of at least 4 members (excludes halogenated alkanes) is 9. The van der Waals surface area contributed by atoms with Crippen LogP contribution in [0.3, 0.4) is 0 Å². The molecule has 2 N–H and O–H groups in total. The van der Waals surface area contributed by atoms with E-state index in [9.17, 15) is 4.79 Å². The minimum absolute atomic E-state index is 0.0851. The molecule has 26 heavy (non-hydrogen) atoms. The Morgan fingerprint density at radius 1 is 0.885 bits per heavy atom. The second-order valence-electron chi connectivity index (χ2n) is 6.67. The summed E-state index contributed by atoms with van der Waals surface area (Å²) in [6, 6.07) is 9.68. The number of nitrogens with two attached hydrogens (primary N) is 1. The third-order valence-corrected chi connectivity index (χ3v) is 4.25.